The summed E-state index contributed by atoms with van der Waals surface area (Å²) in [5.74, 6) is 2.65. The molecule has 0 spiro atoms. The highest BCUT2D eigenvalue weighted by molar-refractivity contribution is 5.59. The Morgan fingerprint density at radius 1 is 1.44 bits per heavy atom. The third-order valence-corrected chi connectivity index (χ3v) is 4.42. The van der Waals surface area contributed by atoms with Crippen molar-refractivity contribution >= 4 is 5.69 Å². The zero-order valence-corrected chi connectivity index (χ0v) is 10.6. The molecule has 1 aromatic rings. The van der Waals surface area contributed by atoms with Crippen molar-refractivity contribution in [2.24, 2.45) is 0 Å². The second kappa shape index (κ2) is 4.33. The monoisotopic (exact) mass is 241 g/mol. The number of para-hydroxylation sites is 1. The molecule has 18 heavy (non-hydrogen) atoms. The summed E-state index contributed by atoms with van der Waals surface area (Å²) in [6, 6.07) is 8.70. The summed E-state index contributed by atoms with van der Waals surface area (Å²) in [6.45, 7) is 1.01. The number of hydrogen-bond acceptors (Lipinski definition) is 2. The summed E-state index contributed by atoms with van der Waals surface area (Å²) in [5.41, 5.74) is 2.00. The van der Waals surface area contributed by atoms with Crippen LogP contribution in [0.25, 0.3) is 0 Å². The molecule has 0 unspecified atom stereocenters. The molecule has 2 aliphatic rings. The number of hydrogen-bond donors (Lipinski definition) is 1. The van der Waals surface area contributed by atoms with Gasteiger partial charge in [-0.15, -0.1) is 12.3 Å². The zero-order chi connectivity index (χ0) is 12.6. The Kier molecular flexibility index (Phi) is 2.80. The summed E-state index contributed by atoms with van der Waals surface area (Å²) in [4.78, 5) is 2.37. The Balaban J connectivity index is 1.91. The molecule has 1 saturated carbocycles. The van der Waals surface area contributed by atoms with Crippen LogP contribution in [-0.4, -0.2) is 23.3 Å². The van der Waals surface area contributed by atoms with Crippen LogP contribution in [0.5, 0.6) is 0 Å². The number of aliphatic hydroxyl groups is 1. The molecule has 94 valence electrons. The molecule has 2 atom stereocenters. The van der Waals surface area contributed by atoms with Crippen LogP contribution in [0.1, 0.15) is 31.2 Å². The standard InChI is InChI=1S/C16H19NO/c1-2-10-16(18)11-5-8-15(16)17-12-9-13-6-3-4-7-14(13)17/h1,3-4,6-7,15,18H,5,8-12H2/t15-,16+/m1/s1. The average Bonchev–Trinajstić information content (AvgIpc) is 2.93. The number of benzene rings is 1. The van der Waals surface area contributed by atoms with Crippen LogP contribution < -0.4 is 4.90 Å². The van der Waals surface area contributed by atoms with Gasteiger partial charge in [-0.2, -0.15) is 0 Å². The molecule has 1 aliphatic carbocycles. The molecular weight excluding hydrogens is 222 g/mol. The van der Waals surface area contributed by atoms with Crippen molar-refractivity contribution in [1.82, 2.24) is 0 Å². The largest absolute Gasteiger partial charge is 0.387 e. The van der Waals surface area contributed by atoms with Gasteiger partial charge in [0, 0.05) is 18.7 Å². The van der Waals surface area contributed by atoms with Gasteiger partial charge >= 0.3 is 0 Å². The Morgan fingerprint density at radius 3 is 3.11 bits per heavy atom. The van der Waals surface area contributed by atoms with Crippen LogP contribution >= 0.6 is 0 Å². The van der Waals surface area contributed by atoms with Crippen LogP contribution in [0, 0.1) is 12.3 Å². The van der Waals surface area contributed by atoms with Crippen molar-refractivity contribution in [3.05, 3.63) is 29.8 Å². The second-order valence-corrected chi connectivity index (χ2v) is 5.46. The van der Waals surface area contributed by atoms with Crippen LogP contribution in [0.15, 0.2) is 24.3 Å². The molecule has 1 fully saturated rings. The topological polar surface area (TPSA) is 23.5 Å². The molecule has 0 aromatic heterocycles. The molecule has 1 aliphatic heterocycles. The first-order valence-electron chi connectivity index (χ1n) is 6.75. The van der Waals surface area contributed by atoms with Gasteiger partial charge in [0.2, 0.25) is 0 Å². The fourth-order valence-electron chi connectivity index (χ4n) is 3.55. The van der Waals surface area contributed by atoms with E-state index in [1.165, 1.54) is 11.3 Å². The molecule has 0 saturated heterocycles. The van der Waals surface area contributed by atoms with Crippen molar-refractivity contribution in [3.63, 3.8) is 0 Å². The Labute approximate surface area is 109 Å². The van der Waals surface area contributed by atoms with Gasteiger partial charge in [-0.25, -0.2) is 0 Å². The summed E-state index contributed by atoms with van der Waals surface area (Å²) in [7, 11) is 0. The third-order valence-electron chi connectivity index (χ3n) is 4.42. The minimum atomic E-state index is -0.688. The molecule has 0 bridgehead atoms. The van der Waals surface area contributed by atoms with Crippen molar-refractivity contribution in [3.8, 4) is 12.3 Å². The fourth-order valence-corrected chi connectivity index (χ4v) is 3.55. The number of terminal acetylenes is 1. The number of anilines is 1. The molecule has 2 heteroatoms. The highest BCUT2D eigenvalue weighted by Crippen LogP contribution is 2.41. The lowest BCUT2D eigenvalue weighted by atomic mass is 9.92. The Bertz CT molecular complexity index is 490. The van der Waals surface area contributed by atoms with Gasteiger partial charge in [0.05, 0.1) is 11.6 Å². The molecule has 1 aromatic carbocycles. The van der Waals surface area contributed by atoms with E-state index in [0.717, 1.165) is 32.2 Å². The lowest BCUT2D eigenvalue weighted by molar-refractivity contribution is 0.0351. The number of nitrogens with zero attached hydrogens (tertiary/aromatic N) is 1. The van der Waals surface area contributed by atoms with Crippen molar-refractivity contribution in [2.75, 3.05) is 11.4 Å². The maximum Gasteiger partial charge on any atom is 0.0958 e. The van der Waals surface area contributed by atoms with E-state index in [-0.39, 0.29) is 6.04 Å². The zero-order valence-electron chi connectivity index (χ0n) is 10.6. The fraction of sp³-hybridized carbons (Fsp3) is 0.500. The summed E-state index contributed by atoms with van der Waals surface area (Å²) < 4.78 is 0. The predicted octanol–water partition coefficient (Wildman–Crippen LogP) is 2.36. The van der Waals surface area contributed by atoms with Gasteiger partial charge in [0.1, 0.15) is 0 Å². The first kappa shape index (κ1) is 11.6. The van der Waals surface area contributed by atoms with E-state index in [2.05, 4.69) is 35.1 Å². The van der Waals surface area contributed by atoms with E-state index >= 15 is 0 Å². The summed E-state index contributed by atoms with van der Waals surface area (Å²) >= 11 is 0. The molecule has 1 N–H and O–H groups in total. The predicted molar refractivity (Wildman–Crippen MR) is 73.5 cm³/mol. The van der Waals surface area contributed by atoms with Gasteiger partial charge in [0.25, 0.3) is 0 Å². The number of rotatable bonds is 2. The van der Waals surface area contributed by atoms with Crippen LogP contribution in [0.4, 0.5) is 5.69 Å². The second-order valence-electron chi connectivity index (χ2n) is 5.46. The Morgan fingerprint density at radius 2 is 2.28 bits per heavy atom. The lowest BCUT2D eigenvalue weighted by Gasteiger charge is -2.37. The first-order valence-corrected chi connectivity index (χ1v) is 6.75. The molecule has 1 heterocycles. The highest BCUT2D eigenvalue weighted by atomic mass is 16.3. The van der Waals surface area contributed by atoms with Crippen LogP contribution in [0.3, 0.4) is 0 Å². The van der Waals surface area contributed by atoms with Gasteiger partial charge in [-0.05, 0) is 37.3 Å². The average molecular weight is 241 g/mol. The Hall–Kier alpha value is -1.46. The minimum Gasteiger partial charge on any atom is -0.387 e. The highest BCUT2D eigenvalue weighted by Gasteiger charge is 2.45. The summed E-state index contributed by atoms with van der Waals surface area (Å²) in [6.07, 6.45) is 9.92. The molecular formula is C16H19NO. The lowest BCUT2D eigenvalue weighted by Crippen LogP contribution is -2.48. The summed E-state index contributed by atoms with van der Waals surface area (Å²) in [5, 5.41) is 10.8. The van der Waals surface area contributed by atoms with Gasteiger partial charge < -0.3 is 10.0 Å². The maximum atomic E-state index is 10.8. The number of fused-ring (bicyclic) bond motifs is 1. The van der Waals surface area contributed by atoms with Gasteiger partial charge in [-0.1, -0.05) is 18.2 Å². The van der Waals surface area contributed by atoms with Gasteiger partial charge in [-0.3, -0.25) is 0 Å². The van der Waals surface area contributed by atoms with Gasteiger partial charge in [0.15, 0.2) is 0 Å². The van der Waals surface area contributed by atoms with Crippen molar-refractivity contribution < 1.29 is 5.11 Å². The van der Waals surface area contributed by atoms with Crippen LogP contribution in [0.2, 0.25) is 0 Å². The smallest absolute Gasteiger partial charge is 0.0958 e. The van der Waals surface area contributed by atoms with Crippen LogP contribution in [-0.2, 0) is 6.42 Å². The first-order chi connectivity index (χ1) is 8.74. The SMILES string of the molecule is C#CC[C@]1(O)CCC[C@H]1N1CCc2ccccc21. The van der Waals surface area contributed by atoms with E-state index < -0.39 is 5.60 Å². The maximum absolute atomic E-state index is 10.8. The molecule has 0 amide bonds. The minimum absolute atomic E-state index is 0.192. The van der Waals surface area contributed by atoms with E-state index in [1.807, 2.05) is 0 Å². The normalized spacial score (nSPS) is 30.2. The quantitative estimate of drug-likeness (QED) is 0.803. The van der Waals surface area contributed by atoms with E-state index in [1.54, 1.807) is 0 Å². The van der Waals surface area contributed by atoms with E-state index in [0.29, 0.717) is 6.42 Å². The molecule has 2 nitrogen and oxygen atoms in total. The van der Waals surface area contributed by atoms with Crippen molar-refractivity contribution in [2.45, 2.75) is 43.7 Å². The van der Waals surface area contributed by atoms with E-state index in [9.17, 15) is 5.11 Å². The third kappa shape index (κ3) is 1.71. The van der Waals surface area contributed by atoms with E-state index in [4.69, 9.17) is 6.42 Å². The molecule has 3 rings (SSSR count). The molecule has 0 radical (unpaired) electrons. The van der Waals surface area contributed by atoms with Crippen molar-refractivity contribution in [1.29, 1.82) is 0 Å².